The van der Waals surface area contributed by atoms with Crippen molar-refractivity contribution in [2.45, 2.75) is 33.7 Å². The van der Waals surface area contributed by atoms with Crippen molar-refractivity contribution >= 4 is 5.96 Å². The number of rotatable bonds is 5. The Bertz CT molecular complexity index is 220. The fraction of sp³-hybridized carbons (Fsp3) is 0.909. The predicted octanol–water partition coefficient (Wildman–Crippen LogP) is 0.392. The highest BCUT2D eigenvalue weighted by molar-refractivity contribution is 5.79. The lowest BCUT2D eigenvalue weighted by atomic mass is 9.93. The maximum atomic E-state index is 5.40. The van der Waals surface area contributed by atoms with Crippen LogP contribution in [-0.4, -0.2) is 44.1 Å². The third-order valence-electron chi connectivity index (χ3n) is 1.97. The fourth-order valence-corrected chi connectivity index (χ4v) is 1.61. The highest BCUT2D eigenvalue weighted by Gasteiger charge is 2.18. The summed E-state index contributed by atoms with van der Waals surface area (Å²) in [7, 11) is 4.14. The molecule has 0 unspecified atom stereocenters. The van der Waals surface area contributed by atoms with Gasteiger partial charge in [0.15, 0.2) is 0 Å². The molecule has 0 aliphatic carbocycles. The van der Waals surface area contributed by atoms with Crippen LogP contribution in [0.25, 0.3) is 0 Å². The van der Waals surface area contributed by atoms with Crippen LogP contribution in [0.4, 0.5) is 0 Å². The summed E-state index contributed by atoms with van der Waals surface area (Å²) >= 11 is 0. The molecule has 0 aromatic carbocycles. The summed E-state index contributed by atoms with van der Waals surface area (Å²) in [5.41, 5.74) is 2.73. The van der Waals surface area contributed by atoms with Crippen molar-refractivity contribution in [3.63, 3.8) is 0 Å². The van der Waals surface area contributed by atoms with E-state index < -0.39 is 0 Å². The van der Waals surface area contributed by atoms with Crippen LogP contribution in [-0.2, 0) is 0 Å². The van der Waals surface area contributed by atoms with Crippen LogP contribution in [0.15, 0.2) is 4.99 Å². The number of hydrogen-bond acceptors (Lipinski definition) is 3. The van der Waals surface area contributed by atoms with Gasteiger partial charge in [-0.15, -0.1) is 0 Å². The summed E-state index contributed by atoms with van der Waals surface area (Å²) in [6.45, 7) is 10.2. The molecule has 0 fully saturated rings. The van der Waals surface area contributed by atoms with E-state index in [0.29, 0.717) is 12.0 Å². The highest BCUT2D eigenvalue weighted by Crippen LogP contribution is 2.15. The molecule has 0 atom stereocenters. The number of nitrogens with two attached hydrogens (primary N) is 1. The van der Waals surface area contributed by atoms with Gasteiger partial charge in [-0.05, 0) is 33.4 Å². The number of guanidine groups is 1. The fourth-order valence-electron chi connectivity index (χ4n) is 1.61. The lowest BCUT2D eigenvalue weighted by Gasteiger charge is -2.26. The molecule has 16 heavy (non-hydrogen) atoms. The largest absolute Gasteiger partial charge is 0.353 e. The maximum absolute atomic E-state index is 5.40. The molecule has 4 N–H and O–H groups in total. The van der Waals surface area contributed by atoms with Crippen LogP contribution in [0.1, 0.15) is 27.7 Å². The summed E-state index contributed by atoms with van der Waals surface area (Å²) in [6.07, 6.45) is 0. The Balaban J connectivity index is 4.29. The van der Waals surface area contributed by atoms with Gasteiger partial charge in [-0.3, -0.25) is 10.4 Å². The molecule has 0 radical (unpaired) electrons. The van der Waals surface area contributed by atoms with Gasteiger partial charge in [0.1, 0.15) is 0 Å². The van der Waals surface area contributed by atoms with Crippen molar-refractivity contribution in [3.8, 4) is 0 Å². The molecule has 0 spiro atoms. The van der Waals surface area contributed by atoms with E-state index >= 15 is 0 Å². The van der Waals surface area contributed by atoms with E-state index in [0.717, 1.165) is 13.1 Å². The Labute approximate surface area is 99.5 Å². The minimum atomic E-state index is 0.143. The molecule has 0 aliphatic rings. The zero-order chi connectivity index (χ0) is 12.8. The molecule has 0 amide bonds. The quantitative estimate of drug-likeness (QED) is 0.276. The average Bonchev–Trinajstić information content (AvgIpc) is 2.09. The van der Waals surface area contributed by atoms with Crippen molar-refractivity contribution < 1.29 is 0 Å². The van der Waals surface area contributed by atoms with Crippen LogP contribution in [0.3, 0.4) is 0 Å². The van der Waals surface area contributed by atoms with Crippen molar-refractivity contribution in [2.75, 3.05) is 27.2 Å². The summed E-state index contributed by atoms with van der Waals surface area (Å²) in [6, 6.07) is 0.326. The molecule has 96 valence electrons. The third-order valence-corrected chi connectivity index (χ3v) is 1.97. The maximum Gasteiger partial charge on any atom is 0.205 e. The Morgan fingerprint density at radius 2 is 1.94 bits per heavy atom. The van der Waals surface area contributed by atoms with E-state index in [4.69, 9.17) is 5.84 Å². The lowest BCUT2D eigenvalue weighted by molar-refractivity contribution is 0.248. The Morgan fingerprint density at radius 3 is 2.31 bits per heavy atom. The molecule has 0 aliphatic heterocycles. The summed E-state index contributed by atoms with van der Waals surface area (Å²) < 4.78 is 0. The van der Waals surface area contributed by atoms with Gasteiger partial charge in [-0.25, -0.2) is 5.84 Å². The van der Waals surface area contributed by atoms with Crippen LogP contribution < -0.4 is 16.6 Å². The van der Waals surface area contributed by atoms with Crippen molar-refractivity contribution in [2.24, 2.45) is 16.3 Å². The molecular weight excluding hydrogens is 202 g/mol. The SMILES string of the molecule is CC(C)NC(=NCC(C)(C)CN(C)C)NN. The second kappa shape index (κ2) is 6.70. The number of nitrogens with one attached hydrogen (secondary N) is 2. The van der Waals surface area contributed by atoms with E-state index in [1.54, 1.807) is 0 Å². The van der Waals surface area contributed by atoms with Gasteiger partial charge in [0.25, 0.3) is 0 Å². The smallest absolute Gasteiger partial charge is 0.205 e. The van der Waals surface area contributed by atoms with Crippen molar-refractivity contribution in [1.29, 1.82) is 0 Å². The van der Waals surface area contributed by atoms with E-state index in [1.165, 1.54) is 0 Å². The van der Waals surface area contributed by atoms with Crippen LogP contribution in [0, 0.1) is 5.41 Å². The standard InChI is InChI=1S/C11H27N5/c1-9(2)14-10(15-12)13-7-11(3,4)8-16(5)6/h9H,7-8,12H2,1-6H3,(H2,13,14,15). The first-order chi connectivity index (χ1) is 7.26. The van der Waals surface area contributed by atoms with Gasteiger partial charge in [0, 0.05) is 19.1 Å². The van der Waals surface area contributed by atoms with Crippen molar-refractivity contribution in [1.82, 2.24) is 15.6 Å². The number of nitrogens with zero attached hydrogens (tertiary/aromatic N) is 2. The second-order valence-corrected chi connectivity index (χ2v) is 5.51. The zero-order valence-electron chi connectivity index (χ0n) is 11.5. The first kappa shape index (κ1) is 15.2. The Hall–Kier alpha value is -0.810. The molecule has 0 rings (SSSR count). The van der Waals surface area contributed by atoms with Gasteiger partial charge in [-0.2, -0.15) is 0 Å². The van der Waals surface area contributed by atoms with Crippen LogP contribution in [0.2, 0.25) is 0 Å². The molecular formula is C11H27N5. The molecule has 0 aromatic heterocycles. The first-order valence-electron chi connectivity index (χ1n) is 5.69. The Kier molecular flexibility index (Phi) is 6.36. The van der Waals surface area contributed by atoms with Crippen LogP contribution >= 0.6 is 0 Å². The summed E-state index contributed by atoms with van der Waals surface area (Å²) in [5.74, 6) is 6.05. The van der Waals surface area contributed by atoms with E-state index in [9.17, 15) is 0 Å². The second-order valence-electron chi connectivity index (χ2n) is 5.51. The monoisotopic (exact) mass is 229 g/mol. The third kappa shape index (κ3) is 7.48. The molecule has 5 heteroatoms. The molecule has 5 nitrogen and oxygen atoms in total. The Morgan fingerprint density at radius 1 is 1.38 bits per heavy atom. The van der Waals surface area contributed by atoms with E-state index in [-0.39, 0.29) is 5.41 Å². The first-order valence-corrected chi connectivity index (χ1v) is 5.69. The molecule has 0 heterocycles. The number of aliphatic imine (C=N–C) groups is 1. The van der Waals surface area contributed by atoms with Crippen LogP contribution in [0.5, 0.6) is 0 Å². The van der Waals surface area contributed by atoms with Gasteiger partial charge in [-0.1, -0.05) is 13.8 Å². The number of hydrazine groups is 1. The zero-order valence-corrected chi connectivity index (χ0v) is 11.5. The van der Waals surface area contributed by atoms with Gasteiger partial charge in [0.05, 0.1) is 0 Å². The predicted molar refractivity (Wildman–Crippen MR) is 70.2 cm³/mol. The van der Waals surface area contributed by atoms with E-state index in [2.05, 4.69) is 62.4 Å². The normalized spacial score (nSPS) is 13.4. The van der Waals surface area contributed by atoms with Crippen molar-refractivity contribution in [3.05, 3.63) is 0 Å². The lowest BCUT2D eigenvalue weighted by Crippen LogP contribution is -2.45. The molecule has 0 bridgehead atoms. The van der Waals surface area contributed by atoms with Gasteiger partial charge in [0.2, 0.25) is 5.96 Å². The summed E-state index contributed by atoms with van der Waals surface area (Å²) in [5, 5.41) is 3.16. The molecule has 0 saturated heterocycles. The minimum Gasteiger partial charge on any atom is -0.353 e. The average molecular weight is 229 g/mol. The minimum absolute atomic E-state index is 0.143. The van der Waals surface area contributed by atoms with Gasteiger partial charge >= 0.3 is 0 Å². The molecule has 0 aromatic rings. The molecule has 0 saturated carbocycles. The number of hydrogen-bond donors (Lipinski definition) is 3. The highest BCUT2D eigenvalue weighted by atomic mass is 15.3. The summed E-state index contributed by atoms with van der Waals surface area (Å²) in [4.78, 5) is 6.62. The topological polar surface area (TPSA) is 65.7 Å². The van der Waals surface area contributed by atoms with Gasteiger partial charge < -0.3 is 10.2 Å². The van der Waals surface area contributed by atoms with E-state index in [1.807, 2.05) is 0 Å².